The molecule has 1 N–H and O–H groups in total. The zero-order chi connectivity index (χ0) is 19.8. The number of benzene rings is 2. The summed E-state index contributed by atoms with van der Waals surface area (Å²) in [5.74, 6) is -0.571. The van der Waals surface area contributed by atoms with Gasteiger partial charge in [0.15, 0.2) is 6.61 Å². The van der Waals surface area contributed by atoms with Crippen LogP contribution in [0.5, 0.6) is 5.75 Å². The van der Waals surface area contributed by atoms with Gasteiger partial charge >= 0.3 is 5.97 Å². The number of carbonyl (C=O) groups excluding carboxylic acids is 2. The van der Waals surface area contributed by atoms with E-state index in [1.54, 1.807) is 0 Å². The molecule has 27 heavy (non-hydrogen) atoms. The van der Waals surface area contributed by atoms with Gasteiger partial charge in [0.2, 0.25) is 0 Å². The quantitative estimate of drug-likeness (QED) is 0.330. The minimum atomic E-state index is -0.789. The molecule has 1 amide bonds. The van der Waals surface area contributed by atoms with Crippen LogP contribution in [0.25, 0.3) is 0 Å². The number of nitrogens with zero attached hydrogens (tertiary/aromatic N) is 1. The molecule has 0 bridgehead atoms. The van der Waals surface area contributed by atoms with Gasteiger partial charge in [0.1, 0.15) is 12.4 Å². The molecule has 2 rings (SSSR count). The molecule has 2 aromatic carbocycles. The van der Waals surface area contributed by atoms with Gasteiger partial charge in [-0.15, -0.1) is 0 Å². The second-order valence-electron chi connectivity index (χ2n) is 5.80. The Hall–Kier alpha value is -3.42. The van der Waals surface area contributed by atoms with Gasteiger partial charge in [0, 0.05) is 11.6 Å². The molecule has 0 fully saturated rings. The average Bonchev–Trinajstić information content (AvgIpc) is 2.63. The van der Waals surface area contributed by atoms with Gasteiger partial charge in [-0.1, -0.05) is 18.2 Å². The van der Waals surface area contributed by atoms with Crippen LogP contribution in [0.1, 0.15) is 21.5 Å². The largest absolute Gasteiger partial charge is 0.492 e. The molecule has 0 atom stereocenters. The number of ether oxygens (including phenoxy) is 2. The molecule has 0 spiro atoms. The van der Waals surface area contributed by atoms with Crippen LogP contribution in [0.4, 0.5) is 5.69 Å². The highest BCUT2D eigenvalue weighted by Gasteiger charge is 2.19. The minimum absolute atomic E-state index is 0.0554. The summed E-state index contributed by atoms with van der Waals surface area (Å²) < 4.78 is 10.4. The summed E-state index contributed by atoms with van der Waals surface area (Å²) in [6.07, 6.45) is 0. The van der Waals surface area contributed by atoms with Crippen LogP contribution >= 0.6 is 0 Å². The van der Waals surface area contributed by atoms with Gasteiger partial charge in [-0.3, -0.25) is 14.9 Å². The molecule has 0 heterocycles. The summed E-state index contributed by atoms with van der Waals surface area (Å²) in [6, 6.07) is 11.6. The van der Waals surface area contributed by atoms with E-state index in [0.29, 0.717) is 5.75 Å². The van der Waals surface area contributed by atoms with E-state index in [2.05, 4.69) is 5.32 Å². The summed E-state index contributed by atoms with van der Waals surface area (Å²) in [4.78, 5) is 34.1. The molecule has 0 saturated heterocycles. The number of hydrogen-bond acceptors (Lipinski definition) is 6. The lowest BCUT2D eigenvalue weighted by atomic mass is 10.1. The third-order valence-electron chi connectivity index (χ3n) is 3.74. The van der Waals surface area contributed by atoms with Crippen molar-refractivity contribution in [3.8, 4) is 5.75 Å². The van der Waals surface area contributed by atoms with Gasteiger partial charge in [0.05, 0.1) is 17.0 Å². The smallest absolute Gasteiger partial charge is 0.339 e. The van der Waals surface area contributed by atoms with Crippen molar-refractivity contribution in [1.29, 1.82) is 0 Å². The third kappa shape index (κ3) is 5.81. The molecule has 142 valence electrons. The highest BCUT2D eigenvalue weighted by molar-refractivity contribution is 5.93. The Labute approximate surface area is 156 Å². The van der Waals surface area contributed by atoms with E-state index in [9.17, 15) is 19.7 Å². The molecule has 2 aromatic rings. The summed E-state index contributed by atoms with van der Waals surface area (Å²) in [6.45, 7) is 3.45. The standard InChI is InChI=1S/C19H20N2O6/c1-13-5-3-6-15(11-13)26-10-9-20-18(22)12-27-19(23)16-7-4-8-17(14(16)2)21(24)25/h3-8,11H,9-10,12H2,1-2H3,(H,20,22). The number of rotatable bonds is 8. The molecule has 0 radical (unpaired) electrons. The van der Waals surface area contributed by atoms with Crippen LogP contribution in [0.15, 0.2) is 42.5 Å². The zero-order valence-electron chi connectivity index (χ0n) is 15.1. The van der Waals surface area contributed by atoms with E-state index in [1.165, 1.54) is 25.1 Å². The van der Waals surface area contributed by atoms with Gasteiger partial charge in [-0.05, 0) is 37.6 Å². The normalized spacial score (nSPS) is 10.1. The number of nitrogens with one attached hydrogen (secondary N) is 1. The van der Waals surface area contributed by atoms with Crippen LogP contribution in [-0.2, 0) is 9.53 Å². The lowest BCUT2D eigenvalue weighted by Gasteiger charge is -2.09. The van der Waals surface area contributed by atoms with E-state index in [-0.39, 0.29) is 30.0 Å². The summed E-state index contributed by atoms with van der Waals surface area (Å²) in [5.41, 5.74) is 1.14. The summed E-state index contributed by atoms with van der Waals surface area (Å²) in [7, 11) is 0. The number of hydrogen-bond donors (Lipinski definition) is 1. The molecule has 0 aromatic heterocycles. The van der Waals surface area contributed by atoms with Crippen molar-refractivity contribution in [2.24, 2.45) is 0 Å². The van der Waals surface area contributed by atoms with E-state index in [0.717, 1.165) is 5.56 Å². The van der Waals surface area contributed by atoms with Crippen LogP contribution in [-0.4, -0.2) is 36.6 Å². The fourth-order valence-corrected chi connectivity index (χ4v) is 2.37. The second-order valence-corrected chi connectivity index (χ2v) is 5.80. The fourth-order valence-electron chi connectivity index (χ4n) is 2.37. The highest BCUT2D eigenvalue weighted by Crippen LogP contribution is 2.21. The lowest BCUT2D eigenvalue weighted by molar-refractivity contribution is -0.385. The van der Waals surface area contributed by atoms with Crippen LogP contribution in [0.2, 0.25) is 0 Å². The number of nitro groups is 1. The Balaban J connectivity index is 1.76. The SMILES string of the molecule is Cc1cccc(OCCNC(=O)COC(=O)c2cccc([N+](=O)[O-])c2C)c1. The molecule has 8 nitrogen and oxygen atoms in total. The maximum absolute atomic E-state index is 12.0. The average molecular weight is 372 g/mol. The predicted molar refractivity (Wildman–Crippen MR) is 97.8 cm³/mol. The van der Waals surface area contributed by atoms with Crippen molar-refractivity contribution in [1.82, 2.24) is 5.32 Å². The van der Waals surface area contributed by atoms with Crippen LogP contribution < -0.4 is 10.1 Å². The van der Waals surface area contributed by atoms with Gasteiger partial charge in [-0.2, -0.15) is 0 Å². The monoisotopic (exact) mass is 372 g/mol. The molecular weight excluding hydrogens is 352 g/mol. The van der Waals surface area contributed by atoms with E-state index < -0.39 is 23.4 Å². The van der Waals surface area contributed by atoms with E-state index >= 15 is 0 Å². The van der Waals surface area contributed by atoms with Crippen LogP contribution in [0, 0.1) is 24.0 Å². The second kappa shape index (κ2) is 9.33. The summed E-state index contributed by atoms with van der Waals surface area (Å²) in [5, 5.41) is 13.5. The molecule has 0 unspecified atom stereocenters. The van der Waals surface area contributed by atoms with Gasteiger partial charge in [-0.25, -0.2) is 4.79 Å². The number of nitro benzene ring substituents is 1. The number of aryl methyl sites for hydroxylation is 1. The fraction of sp³-hybridized carbons (Fsp3) is 0.263. The Bertz CT molecular complexity index is 850. The lowest BCUT2D eigenvalue weighted by Crippen LogP contribution is -2.32. The Kier molecular flexibility index (Phi) is 6.87. The molecular formula is C19H20N2O6. The first kappa shape index (κ1) is 19.9. The Morgan fingerprint density at radius 1 is 1.15 bits per heavy atom. The van der Waals surface area contributed by atoms with Crippen molar-refractivity contribution in [2.45, 2.75) is 13.8 Å². The molecule has 0 saturated carbocycles. The van der Waals surface area contributed by atoms with E-state index in [1.807, 2.05) is 31.2 Å². The minimum Gasteiger partial charge on any atom is -0.492 e. The van der Waals surface area contributed by atoms with Crippen molar-refractivity contribution >= 4 is 17.6 Å². The predicted octanol–water partition coefficient (Wildman–Crippen LogP) is 2.56. The van der Waals surface area contributed by atoms with Crippen molar-refractivity contribution in [3.63, 3.8) is 0 Å². The Morgan fingerprint density at radius 2 is 1.89 bits per heavy atom. The topological polar surface area (TPSA) is 108 Å². The van der Waals surface area contributed by atoms with Crippen molar-refractivity contribution in [3.05, 3.63) is 69.3 Å². The molecule has 0 aliphatic carbocycles. The number of carbonyl (C=O) groups is 2. The number of amides is 1. The molecule has 8 heteroatoms. The first-order valence-electron chi connectivity index (χ1n) is 8.26. The van der Waals surface area contributed by atoms with E-state index in [4.69, 9.17) is 9.47 Å². The van der Waals surface area contributed by atoms with Gasteiger partial charge < -0.3 is 14.8 Å². The molecule has 0 aliphatic heterocycles. The Morgan fingerprint density at radius 3 is 2.59 bits per heavy atom. The van der Waals surface area contributed by atoms with Crippen molar-refractivity contribution < 1.29 is 24.0 Å². The zero-order valence-corrected chi connectivity index (χ0v) is 15.1. The first-order valence-corrected chi connectivity index (χ1v) is 8.26. The van der Waals surface area contributed by atoms with Crippen molar-refractivity contribution in [2.75, 3.05) is 19.8 Å². The number of esters is 1. The van der Waals surface area contributed by atoms with Gasteiger partial charge in [0.25, 0.3) is 11.6 Å². The summed E-state index contributed by atoms with van der Waals surface area (Å²) >= 11 is 0. The van der Waals surface area contributed by atoms with Crippen LogP contribution in [0.3, 0.4) is 0 Å². The maximum Gasteiger partial charge on any atom is 0.339 e. The third-order valence-corrected chi connectivity index (χ3v) is 3.74. The molecule has 0 aliphatic rings. The first-order chi connectivity index (χ1) is 12.9. The highest BCUT2D eigenvalue weighted by atomic mass is 16.6. The maximum atomic E-state index is 12.0.